The second kappa shape index (κ2) is 2.61. The largest absolute Gasteiger partial charge is 0.476 e. The fourth-order valence-corrected chi connectivity index (χ4v) is 3.10. The predicted octanol–water partition coefficient (Wildman–Crippen LogP) is 0.670. The molecule has 0 spiro atoms. The highest BCUT2D eigenvalue weighted by Crippen LogP contribution is 2.73. The highest BCUT2D eigenvalue weighted by atomic mass is 16.4. The normalized spacial score (nSPS) is 34.7. The summed E-state index contributed by atoms with van der Waals surface area (Å²) in [5.41, 5.74) is 0.0803. The van der Waals surface area contributed by atoms with Gasteiger partial charge in [0.1, 0.15) is 0 Å². The fourth-order valence-electron chi connectivity index (χ4n) is 3.10. The summed E-state index contributed by atoms with van der Waals surface area (Å²) in [6.45, 7) is 0.677. The minimum Gasteiger partial charge on any atom is -0.476 e. The molecule has 3 aliphatic carbocycles. The molecule has 1 aromatic rings. The van der Waals surface area contributed by atoms with Crippen molar-refractivity contribution in [3.63, 3.8) is 0 Å². The summed E-state index contributed by atoms with van der Waals surface area (Å²) in [5, 5.41) is 24.9. The van der Waals surface area contributed by atoms with E-state index in [1.165, 1.54) is 6.20 Å². The van der Waals surface area contributed by atoms with Crippen molar-refractivity contribution in [2.45, 2.75) is 25.8 Å². The summed E-state index contributed by atoms with van der Waals surface area (Å²) in [6, 6.07) is 2.34. The number of carbonyl (C=O) groups is 1. The lowest BCUT2D eigenvalue weighted by molar-refractivity contribution is -0.174. The number of aromatic carboxylic acids is 1. The van der Waals surface area contributed by atoms with E-state index in [0.717, 1.165) is 19.3 Å². The first-order chi connectivity index (χ1) is 7.56. The number of hydrogen-bond donors (Lipinski definition) is 1. The Kier molecular flexibility index (Phi) is 1.52. The van der Waals surface area contributed by atoms with Crippen molar-refractivity contribution in [1.82, 2.24) is 15.0 Å². The van der Waals surface area contributed by atoms with Gasteiger partial charge in [0.15, 0.2) is 5.69 Å². The van der Waals surface area contributed by atoms with Gasteiger partial charge in [-0.2, -0.15) is 5.26 Å². The van der Waals surface area contributed by atoms with Gasteiger partial charge < -0.3 is 5.11 Å². The van der Waals surface area contributed by atoms with Crippen LogP contribution < -0.4 is 0 Å². The standard InChI is InChI=1S/C10H10N4O2/c11-5-9-2-10(3-9,4-9)6-14-1-7(8(15)16)12-13-14/h1H,2-4,6H2,(H,15,16). The minimum atomic E-state index is -1.06. The third-order valence-electron chi connectivity index (χ3n) is 3.63. The van der Waals surface area contributed by atoms with E-state index < -0.39 is 5.97 Å². The number of rotatable bonds is 3. The molecule has 1 N–H and O–H groups in total. The van der Waals surface area contributed by atoms with E-state index in [1.807, 2.05) is 0 Å². The zero-order chi connectivity index (χ0) is 11.4. The molecule has 0 aromatic carbocycles. The fraction of sp³-hybridized carbons (Fsp3) is 0.600. The van der Waals surface area contributed by atoms with Gasteiger partial charge in [0.05, 0.1) is 17.7 Å². The van der Waals surface area contributed by atoms with Crippen LogP contribution in [0.5, 0.6) is 0 Å². The summed E-state index contributed by atoms with van der Waals surface area (Å²) < 4.78 is 1.57. The zero-order valence-electron chi connectivity index (χ0n) is 8.55. The number of nitrogens with zero attached hydrogens (tertiary/aromatic N) is 4. The number of hydrogen-bond acceptors (Lipinski definition) is 4. The molecule has 1 heterocycles. The molecular weight excluding hydrogens is 208 g/mol. The van der Waals surface area contributed by atoms with Gasteiger partial charge in [0.25, 0.3) is 0 Å². The van der Waals surface area contributed by atoms with E-state index in [1.54, 1.807) is 4.68 Å². The summed E-state index contributed by atoms with van der Waals surface area (Å²) in [7, 11) is 0. The number of carboxylic acids is 1. The highest BCUT2D eigenvalue weighted by molar-refractivity contribution is 5.84. The quantitative estimate of drug-likeness (QED) is 0.804. The van der Waals surface area contributed by atoms with Gasteiger partial charge in [-0.05, 0) is 24.7 Å². The van der Waals surface area contributed by atoms with Gasteiger partial charge >= 0.3 is 5.97 Å². The molecule has 3 aliphatic rings. The van der Waals surface area contributed by atoms with E-state index in [0.29, 0.717) is 6.54 Å². The lowest BCUT2D eigenvalue weighted by Gasteiger charge is -2.67. The molecule has 4 rings (SSSR count). The molecule has 16 heavy (non-hydrogen) atoms. The Bertz CT molecular complexity index is 493. The molecule has 0 radical (unpaired) electrons. The first kappa shape index (κ1) is 9.33. The van der Waals surface area contributed by atoms with Crippen LogP contribution in [-0.2, 0) is 6.54 Å². The van der Waals surface area contributed by atoms with E-state index in [4.69, 9.17) is 10.4 Å². The van der Waals surface area contributed by atoms with Crippen LogP contribution in [-0.4, -0.2) is 26.1 Å². The molecule has 2 bridgehead atoms. The molecule has 0 saturated heterocycles. The molecule has 82 valence electrons. The van der Waals surface area contributed by atoms with Crippen molar-refractivity contribution in [3.8, 4) is 6.07 Å². The van der Waals surface area contributed by atoms with Crippen molar-refractivity contribution in [2.24, 2.45) is 10.8 Å². The predicted molar refractivity (Wildman–Crippen MR) is 51.3 cm³/mol. The van der Waals surface area contributed by atoms with E-state index in [9.17, 15) is 4.79 Å². The van der Waals surface area contributed by atoms with Gasteiger partial charge in [0.2, 0.25) is 0 Å². The van der Waals surface area contributed by atoms with Crippen LogP contribution in [0.4, 0.5) is 0 Å². The monoisotopic (exact) mass is 218 g/mol. The summed E-state index contributed by atoms with van der Waals surface area (Å²) in [6.07, 6.45) is 4.19. The van der Waals surface area contributed by atoms with Crippen LogP contribution in [0, 0.1) is 22.2 Å². The number of aromatic nitrogens is 3. The van der Waals surface area contributed by atoms with Gasteiger partial charge in [0, 0.05) is 6.54 Å². The topological polar surface area (TPSA) is 91.8 Å². The lowest BCUT2D eigenvalue weighted by Crippen LogP contribution is -2.62. The van der Waals surface area contributed by atoms with Crippen molar-refractivity contribution in [2.75, 3.05) is 0 Å². The Morgan fingerprint density at radius 3 is 2.81 bits per heavy atom. The lowest BCUT2D eigenvalue weighted by atomic mass is 9.36. The average molecular weight is 218 g/mol. The van der Waals surface area contributed by atoms with Crippen LogP contribution in [0.25, 0.3) is 0 Å². The average Bonchev–Trinajstić information content (AvgIpc) is 2.57. The second-order valence-corrected chi connectivity index (χ2v) is 5.03. The molecule has 0 unspecified atom stereocenters. The van der Waals surface area contributed by atoms with Gasteiger partial charge in [-0.3, -0.25) is 4.68 Å². The van der Waals surface area contributed by atoms with Crippen molar-refractivity contribution < 1.29 is 9.90 Å². The Balaban J connectivity index is 1.69. The summed E-state index contributed by atoms with van der Waals surface area (Å²) >= 11 is 0. The summed E-state index contributed by atoms with van der Waals surface area (Å²) in [4.78, 5) is 10.6. The first-order valence-corrected chi connectivity index (χ1v) is 5.11. The molecule has 0 aliphatic heterocycles. The van der Waals surface area contributed by atoms with Crippen LogP contribution in [0.3, 0.4) is 0 Å². The van der Waals surface area contributed by atoms with Gasteiger partial charge in [-0.25, -0.2) is 4.79 Å². The maximum atomic E-state index is 10.6. The van der Waals surface area contributed by atoms with Gasteiger partial charge in [-0.1, -0.05) is 5.21 Å². The highest BCUT2D eigenvalue weighted by Gasteiger charge is 2.68. The van der Waals surface area contributed by atoms with Crippen LogP contribution in [0.2, 0.25) is 0 Å². The SMILES string of the molecule is N#CC12CC(Cn3cc(C(=O)O)nn3)(C1)C2. The molecule has 3 saturated carbocycles. The van der Waals surface area contributed by atoms with E-state index in [-0.39, 0.29) is 16.5 Å². The summed E-state index contributed by atoms with van der Waals surface area (Å²) in [5.74, 6) is -1.06. The molecule has 3 fully saturated rings. The van der Waals surface area contributed by atoms with Crippen molar-refractivity contribution >= 4 is 5.97 Å². The molecule has 0 atom stereocenters. The van der Waals surface area contributed by atoms with Crippen molar-refractivity contribution in [1.29, 1.82) is 5.26 Å². The maximum absolute atomic E-state index is 10.6. The van der Waals surface area contributed by atoms with Crippen LogP contribution >= 0.6 is 0 Å². The third kappa shape index (κ3) is 1.08. The Hall–Kier alpha value is -1.90. The third-order valence-corrected chi connectivity index (χ3v) is 3.63. The Morgan fingerprint density at radius 2 is 2.31 bits per heavy atom. The first-order valence-electron chi connectivity index (χ1n) is 5.11. The molecule has 6 heteroatoms. The molecule has 1 aromatic heterocycles. The van der Waals surface area contributed by atoms with E-state index in [2.05, 4.69) is 16.4 Å². The Morgan fingerprint density at radius 1 is 1.62 bits per heavy atom. The zero-order valence-corrected chi connectivity index (χ0v) is 8.55. The molecular formula is C10H10N4O2. The van der Waals surface area contributed by atoms with Crippen LogP contribution in [0.1, 0.15) is 29.8 Å². The van der Waals surface area contributed by atoms with Gasteiger partial charge in [-0.15, -0.1) is 5.10 Å². The minimum absolute atomic E-state index is 0.0263. The van der Waals surface area contributed by atoms with Crippen LogP contribution in [0.15, 0.2) is 6.20 Å². The number of carboxylic acid groups (broad SMARTS) is 1. The maximum Gasteiger partial charge on any atom is 0.358 e. The smallest absolute Gasteiger partial charge is 0.358 e. The Labute approximate surface area is 91.5 Å². The van der Waals surface area contributed by atoms with Crippen molar-refractivity contribution in [3.05, 3.63) is 11.9 Å². The molecule has 6 nitrogen and oxygen atoms in total. The number of nitriles is 1. The molecule has 0 amide bonds. The second-order valence-electron chi connectivity index (χ2n) is 5.03. The van der Waals surface area contributed by atoms with E-state index >= 15 is 0 Å².